The molecule has 0 amide bonds. The van der Waals surface area contributed by atoms with Gasteiger partial charge >= 0.3 is 0 Å². The van der Waals surface area contributed by atoms with E-state index in [2.05, 4.69) is 19.8 Å². The fourth-order valence-electron chi connectivity index (χ4n) is 6.47. The Morgan fingerprint density at radius 1 is 1.20 bits per heavy atom. The Balaban J connectivity index is 1.35. The first-order valence-electron chi connectivity index (χ1n) is 14.1. The van der Waals surface area contributed by atoms with Gasteiger partial charge in [0.2, 0.25) is 10.0 Å². The van der Waals surface area contributed by atoms with Crippen LogP contribution in [0.5, 0.6) is 0 Å². The zero-order valence-electron chi connectivity index (χ0n) is 23.3. The lowest BCUT2D eigenvalue weighted by molar-refractivity contribution is -0.0129. The van der Waals surface area contributed by atoms with Crippen molar-refractivity contribution in [3.8, 4) is 10.7 Å². The second-order valence-electron chi connectivity index (χ2n) is 12.3. The normalized spacial score (nSPS) is 25.6. The second kappa shape index (κ2) is 9.63. The van der Waals surface area contributed by atoms with Crippen LogP contribution in [-0.2, 0) is 19.5 Å². The third kappa shape index (κ3) is 4.75. The molecule has 14 heteroatoms. The Bertz CT molecular complexity index is 1590. The number of nitrogens with zero attached hydrogens (tertiary/aromatic N) is 5. The maximum Gasteiger partial charge on any atom is 0.291 e. The number of sulfonamides is 1. The number of methoxy groups -OCH3 is 1. The Morgan fingerprint density at radius 3 is 2.54 bits per heavy atom. The molecule has 41 heavy (non-hydrogen) atoms. The minimum absolute atomic E-state index is 0.000738. The molecule has 1 unspecified atom stereocenters. The van der Waals surface area contributed by atoms with Crippen LogP contribution in [0.2, 0.25) is 0 Å². The van der Waals surface area contributed by atoms with E-state index in [1.807, 2.05) is 13.8 Å². The number of nitrogens with one attached hydrogen (secondary N) is 1. The maximum atomic E-state index is 13.7. The third-order valence-corrected chi connectivity index (χ3v) is 11.7. The molecule has 1 spiro atoms. The van der Waals surface area contributed by atoms with Crippen LogP contribution in [0.4, 0.5) is 14.5 Å². The molecule has 222 valence electrons. The number of aromatic nitrogens is 4. The molecule has 2 atom stereocenters. The van der Waals surface area contributed by atoms with Crippen molar-refractivity contribution in [3.63, 3.8) is 0 Å². The lowest BCUT2D eigenvalue weighted by Crippen LogP contribution is -2.47. The van der Waals surface area contributed by atoms with E-state index in [9.17, 15) is 17.2 Å². The second-order valence-corrected chi connectivity index (χ2v) is 15.0. The lowest BCUT2D eigenvalue weighted by atomic mass is 9.74. The van der Waals surface area contributed by atoms with Crippen LogP contribution < -0.4 is 9.62 Å². The molecule has 4 aliphatic rings. The fourth-order valence-corrected chi connectivity index (χ4v) is 8.71. The van der Waals surface area contributed by atoms with Crippen molar-refractivity contribution >= 4 is 32.7 Å². The highest BCUT2D eigenvalue weighted by molar-refractivity contribution is 7.89. The van der Waals surface area contributed by atoms with Crippen LogP contribution in [0.1, 0.15) is 75.4 Å². The zero-order valence-corrected chi connectivity index (χ0v) is 24.9. The van der Waals surface area contributed by atoms with Gasteiger partial charge in [0, 0.05) is 43.3 Å². The van der Waals surface area contributed by atoms with Crippen molar-refractivity contribution in [2.75, 3.05) is 31.7 Å². The lowest BCUT2D eigenvalue weighted by Gasteiger charge is -2.42. The molecule has 5 heterocycles. The molecule has 3 aromatic heterocycles. The Labute approximate surface area is 241 Å². The number of alkyl halides is 2. The van der Waals surface area contributed by atoms with Crippen LogP contribution in [0.3, 0.4) is 0 Å². The highest BCUT2D eigenvalue weighted by atomic mass is 32.2. The maximum absolute atomic E-state index is 13.7. The van der Waals surface area contributed by atoms with Gasteiger partial charge in [0.05, 0.1) is 30.2 Å². The molecule has 0 radical (unpaired) electrons. The molecule has 2 aliphatic carbocycles. The summed E-state index contributed by atoms with van der Waals surface area (Å²) in [5, 5.41) is 7.76. The van der Waals surface area contributed by atoms with E-state index in [0.717, 1.165) is 55.6 Å². The molecule has 2 saturated heterocycles. The molecule has 2 aliphatic heterocycles. The van der Waals surface area contributed by atoms with Gasteiger partial charge in [-0.1, -0.05) is 11.3 Å². The largest absolute Gasteiger partial charge is 0.378 e. The van der Waals surface area contributed by atoms with E-state index in [4.69, 9.17) is 14.5 Å². The number of hydrogen-bond acceptors (Lipinski definition) is 9. The Hall–Kier alpha value is -2.26. The SMILES string of the molecule is COC1[C@H](C)OCC12CCN(c1cc(S(=O)(=O)NC3(C)CC3)cn3c(-c4nnc(C(F)F)s4)c(C4CC4)nc13)CC2. The number of imidazole rings is 1. The molecular formula is C27H34F2N6O4S2. The Kier molecular flexibility index (Phi) is 6.47. The highest BCUT2D eigenvalue weighted by Gasteiger charge is 2.50. The van der Waals surface area contributed by atoms with E-state index in [0.29, 0.717) is 41.7 Å². The molecule has 3 aromatic rings. The molecule has 0 bridgehead atoms. The molecular weight excluding hydrogens is 574 g/mol. The number of rotatable bonds is 8. The summed E-state index contributed by atoms with van der Waals surface area (Å²) in [6.07, 6.45) is 3.91. The van der Waals surface area contributed by atoms with E-state index < -0.39 is 22.0 Å². The predicted molar refractivity (Wildman–Crippen MR) is 149 cm³/mol. The summed E-state index contributed by atoms with van der Waals surface area (Å²) in [6.45, 7) is 5.92. The van der Waals surface area contributed by atoms with E-state index >= 15 is 0 Å². The summed E-state index contributed by atoms with van der Waals surface area (Å²) in [7, 11) is -2.14. The van der Waals surface area contributed by atoms with Gasteiger partial charge in [-0.25, -0.2) is 26.9 Å². The standard InChI is InChI=1S/C27H34F2N6O4S2/c1-15-21(38-3)27(14-39-15)8-10-34(11-9-27)18-12-17(41(36,37)33-26(2)6-7-26)13-35-20(19(16-4-5-16)30-23(18)35)24-31-32-25(40-24)22(28)29/h12-13,15-16,21-22,33H,4-11,14H2,1-3H3/t15-,21?/m0/s1. The van der Waals surface area contributed by atoms with Gasteiger partial charge in [0.25, 0.3) is 6.43 Å². The number of piperidine rings is 1. The van der Waals surface area contributed by atoms with Gasteiger partial charge in [-0.3, -0.25) is 4.40 Å². The molecule has 1 N–H and O–H groups in total. The molecule has 7 rings (SSSR count). The number of pyridine rings is 1. The fraction of sp³-hybridized carbons (Fsp3) is 0.667. The predicted octanol–water partition coefficient (Wildman–Crippen LogP) is 4.52. The molecule has 2 saturated carbocycles. The molecule has 0 aromatic carbocycles. The third-order valence-electron chi connectivity index (χ3n) is 9.20. The van der Waals surface area contributed by atoms with Crippen molar-refractivity contribution in [1.82, 2.24) is 24.3 Å². The first-order valence-corrected chi connectivity index (χ1v) is 16.4. The van der Waals surface area contributed by atoms with Gasteiger partial charge in [-0.15, -0.1) is 10.2 Å². The van der Waals surface area contributed by atoms with Crippen molar-refractivity contribution < 1.29 is 26.7 Å². The van der Waals surface area contributed by atoms with Gasteiger partial charge in [0.1, 0.15) is 10.6 Å². The summed E-state index contributed by atoms with van der Waals surface area (Å²) in [6, 6.07) is 1.71. The first kappa shape index (κ1) is 27.6. The smallest absolute Gasteiger partial charge is 0.291 e. The van der Waals surface area contributed by atoms with Crippen molar-refractivity contribution in [3.05, 3.63) is 23.0 Å². The summed E-state index contributed by atoms with van der Waals surface area (Å²) < 4.78 is 70.7. The average Bonchev–Trinajstić information content (AvgIpc) is 3.77. The van der Waals surface area contributed by atoms with Crippen molar-refractivity contribution in [2.24, 2.45) is 5.41 Å². The summed E-state index contributed by atoms with van der Waals surface area (Å²) in [4.78, 5) is 7.33. The minimum Gasteiger partial charge on any atom is -0.378 e. The summed E-state index contributed by atoms with van der Waals surface area (Å²) in [5.41, 5.74) is 2.06. The van der Waals surface area contributed by atoms with E-state index in [-0.39, 0.29) is 33.4 Å². The highest BCUT2D eigenvalue weighted by Crippen LogP contribution is 2.48. The Morgan fingerprint density at radius 2 is 1.93 bits per heavy atom. The first-order chi connectivity index (χ1) is 19.5. The number of anilines is 1. The van der Waals surface area contributed by atoms with Gasteiger partial charge in [-0.05, 0) is 58.4 Å². The van der Waals surface area contributed by atoms with Crippen molar-refractivity contribution in [1.29, 1.82) is 0 Å². The molecule has 4 fully saturated rings. The van der Waals surface area contributed by atoms with Crippen LogP contribution in [0.25, 0.3) is 16.3 Å². The quantitative estimate of drug-likeness (QED) is 0.398. The zero-order chi connectivity index (χ0) is 28.7. The average molecular weight is 609 g/mol. The summed E-state index contributed by atoms with van der Waals surface area (Å²) >= 11 is 0.824. The number of hydrogen-bond donors (Lipinski definition) is 1. The number of ether oxygens (including phenoxy) is 2. The van der Waals surface area contributed by atoms with E-state index in [1.54, 1.807) is 23.8 Å². The van der Waals surface area contributed by atoms with Crippen LogP contribution in [0, 0.1) is 5.41 Å². The number of halogens is 2. The van der Waals surface area contributed by atoms with Gasteiger partial charge in [-0.2, -0.15) is 0 Å². The van der Waals surface area contributed by atoms with Crippen LogP contribution >= 0.6 is 11.3 Å². The summed E-state index contributed by atoms with van der Waals surface area (Å²) in [5.74, 6) is 0.171. The van der Waals surface area contributed by atoms with Gasteiger partial charge < -0.3 is 14.4 Å². The van der Waals surface area contributed by atoms with Crippen LogP contribution in [-0.4, -0.2) is 72.6 Å². The van der Waals surface area contributed by atoms with Gasteiger partial charge in [0.15, 0.2) is 15.7 Å². The van der Waals surface area contributed by atoms with Crippen molar-refractivity contribution in [2.45, 2.75) is 87.4 Å². The number of fused-ring (bicyclic) bond motifs is 1. The van der Waals surface area contributed by atoms with Crippen LogP contribution in [0.15, 0.2) is 17.2 Å². The topological polar surface area (TPSA) is 111 Å². The van der Waals surface area contributed by atoms with E-state index in [1.165, 1.54) is 0 Å². The molecule has 10 nitrogen and oxygen atoms in total. The monoisotopic (exact) mass is 608 g/mol. The minimum atomic E-state index is -3.87.